The summed E-state index contributed by atoms with van der Waals surface area (Å²) >= 11 is 1.35. The molecule has 106 valence electrons. The number of thiazole rings is 1. The third kappa shape index (κ3) is 2.48. The maximum Gasteiger partial charge on any atom is 0.287 e. The number of nitrogens with zero attached hydrogens (tertiary/aromatic N) is 3. The molecule has 1 N–H and O–H groups in total. The Kier molecular flexibility index (Phi) is 3.15. The molecule has 0 aliphatic rings. The molecule has 0 aliphatic heterocycles. The van der Waals surface area contributed by atoms with Crippen molar-refractivity contribution in [3.05, 3.63) is 52.3 Å². The van der Waals surface area contributed by atoms with Crippen LogP contribution in [-0.4, -0.2) is 20.4 Å². The molecule has 2 heterocycles. The summed E-state index contributed by atoms with van der Waals surface area (Å²) < 4.78 is 2.38. The lowest BCUT2D eigenvalue weighted by Gasteiger charge is -2.01. The molecule has 0 saturated carbocycles. The summed E-state index contributed by atoms with van der Waals surface area (Å²) in [4.78, 5) is 26.6. The first-order valence-electron chi connectivity index (χ1n) is 6.02. The number of para-hydroxylation sites is 1. The number of aromatic nitrogens is 2. The number of carbonyl (C=O) groups excluding carboxylic acids is 1. The zero-order valence-corrected chi connectivity index (χ0v) is 11.8. The Balaban J connectivity index is 1.87. The van der Waals surface area contributed by atoms with Crippen molar-refractivity contribution in [1.29, 1.82) is 0 Å². The Hall–Kier alpha value is -2.74. The van der Waals surface area contributed by atoms with Crippen LogP contribution in [0, 0.1) is 10.1 Å². The maximum atomic E-state index is 12.2. The summed E-state index contributed by atoms with van der Waals surface area (Å²) in [5.74, 6) is -0.426. The molecule has 0 radical (unpaired) electrons. The van der Waals surface area contributed by atoms with E-state index in [9.17, 15) is 14.9 Å². The highest BCUT2D eigenvalue weighted by Crippen LogP contribution is 2.26. The largest absolute Gasteiger partial charge is 0.340 e. The van der Waals surface area contributed by atoms with Gasteiger partial charge in [0.1, 0.15) is 5.69 Å². The Morgan fingerprint density at radius 2 is 2.19 bits per heavy atom. The van der Waals surface area contributed by atoms with Crippen molar-refractivity contribution in [2.45, 2.75) is 0 Å². The standard InChI is InChI=1S/C13H10N4O3S/c1-16-7-8(17(19)20)6-10(16)12(18)15-13-14-9-4-2-3-5-11(9)21-13/h2-7H,1H3,(H,14,15,18). The minimum absolute atomic E-state index is 0.119. The fourth-order valence-corrected chi connectivity index (χ4v) is 2.82. The molecular formula is C13H10N4O3S. The fraction of sp³-hybridized carbons (Fsp3) is 0.0769. The first kappa shape index (κ1) is 13.3. The molecule has 0 aliphatic carbocycles. The lowest BCUT2D eigenvalue weighted by atomic mass is 10.3. The highest BCUT2D eigenvalue weighted by Gasteiger charge is 2.18. The number of amides is 1. The van der Waals surface area contributed by atoms with Crippen molar-refractivity contribution in [3.8, 4) is 0 Å². The van der Waals surface area contributed by atoms with Crippen LogP contribution >= 0.6 is 11.3 Å². The molecular weight excluding hydrogens is 292 g/mol. The average molecular weight is 302 g/mol. The molecule has 0 saturated heterocycles. The topological polar surface area (TPSA) is 90.1 Å². The average Bonchev–Trinajstić information content (AvgIpc) is 3.01. The highest BCUT2D eigenvalue weighted by atomic mass is 32.1. The van der Waals surface area contributed by atoms with Gasteiger partial charge >= 0.3 is 0 Å². The number of nitrogens with one attached hydrogen (secondary N) is 1. The van der Waals surface area contributed by atoms with Crippen LogP contribution < -0.4 is 5.32 Å². The first-order chi connectivity index (χ1) is 10.0. The number of hydrogen-bond donors (Lipinski definition) is 1. The third-order valence-electron chi connectivity index (χ3n) is 2.95. The van der Waals surface area contributed by atoms with Crippen molar-refractivity contribution >= 4 is 38.3 Å². The van der Waals surface area contributed by atoms with Crippen LogP contribution in [0.4, 0.5) is 10.8 Å². The van der Waals surface area contributed by atoms with Gasteiger partial charge < -0.3 is 4.57 Å². The van der Waals surface area contributed by atoms with Crippen LogP contribution in [0.3, 0.4) is 0 Å². The second-order valence-corrected chi connectivity index (χ2v) is 5.42. The van der Waals surface area contributed by atoms with Crippen LogP contribution in [0.2, 0.25) is 0 Å². The number of aryl methyl sites for hydroxylation is 1. The van der Waals surface area contributed by atoms with Crippen LogP contribution in [0.5, 0.6) is 0 Å². The van der Waals surface area contributed by atoms with Crippen LogP contribution in [0.1, 0.15) is 10.5 Å². The van der Waals surface area contributed by atoms with Gasteiger partial charge in [-0.3, -0.25) is 20.2 Å². The molecule has 1 aromatic carbocycles. The van der Waals surface area contributed by atoms with E-state index in [1.165, 1.54) is 28.2 Å². The Labute approximate surface area is 123 Å². The molecule has 0 fully saturated rings. The molecule has 0 unspecified atom stereocenters. The molecule has 21 heavy (non-hydrogen) atoms. The van der Waals surface area contributed by atoms with Gasteiger partial charge in [0.05, 0.1) is 21.3 Å². The Bertz CT molecular complexity index is 819. The lowest BCUT2D eigenvalue weighted by molar-refractivity contribution is -0.384. The van der Waals surface area contributed by atoms with E-state index < -0.39 is 10.8 Å². The second kappa shape index (κ2) is 4.98. The van der Waals surface area contributed by atoms with Gasteiger partial charge in [0.15, 0.2) is 5.13 Å². The van der Waals surface area contributed by atoms with E-state index in [2.05, 4.69) is 10.3 Å². The number of carbonyl (C=O) groups is 1. The first-order valence-corrected chi connectivity index (χ1v) is 6.84. The maximum absolute atomic E-state index is 12.2. The Morgan fingerprint density at radius 1 is 1.43 bits per heavy atom. The molecule has 0 atom stereocenters. The van der Waals surface area contributed by atoms with Crippen LogP contribution in [0.25, 0.3) is 10.2 Å². The summed E-state index contributed by atoms with van der Waals surface area (Å²) in [5, 5.41) is 13.8. The number of hydrogen-bond acceptors (Lipinski definition) is 5. The summed E-state index contributed by atoms with van der Waals surface area (Å²) in [6.07, 6.45) is 1.30. The van der Waals surface area contributed by atoms with Gasteiger partial charge in [-0.2, -0.15) is 0 Å². The van der Waals surface area contributed by atoms with Gasteiger partial charge in [-0.15, -0.1) is 0 Å². The minimum atomic E-state index is -0.533. The summed E-state index contributed by atoms with van der Waals surface area (Å²) in [6, 6.07) is 8.77. The van der Waals surface area contributed by atoms with Crippen molar-refractivity contribution in [2.75, 3.05) is 5.32 Å². The van der Waals surface area contributed by atoms with E-state index in [0.717, 1.165) is 10.2 Å². The SMILES string of the molecule is Cn1cc([N+](=O)[O-])cc1C(=O)Nc1nc2ccccc2s1. The van der Waals surface area contributed by atoms with Crippen molar-refractivity contribution in [1.82, 2.24) is 9.55 Å². The van der Waals surface area contributed by atoms with E-state index in [4.69, 9.17) is 0 Å². The lowest BCUT2D eigenvalue weighted by Crippen LogP contribution is -2.15. The van der Waals surface area contributed by atoms with Crippen molar-refractivity contribution < 1.29 is 9.72 Å². The van der Waals surface area contributed by atoms with Gasteiger partial charge in [-0.1, -0.05) is 23.5 Å². The number of rotatable bonds is 3. The van der Waals surface area contributed by atoms with E-state index in [-0.39, 0.29) is 11.4 Å². The van der Waals surface area contributed by atoms with Gasteiger partial charge in [0.2, 0.25) is 0 Å². The van der Waals surface area contributed by atoms with Gasteiger partial charge in [0, 0.05) is 13.1 Å². The quantitative estimate of drug-likeness (QED) is 0.595. The normalized spacial score (nSPS) is 10.7. The third-order valence-corrected chi connectivity index (χ3v) is 3.90. The number of nitro groups is 1. The zero-order chi connectivity index (χ0) is 15.0. The number of benzene rings is 1. The minimum Gasteiger partial charge on any atom is -0.340 e. The summed E-state index contributed by atoms with van der Waals surface area (Å²) in [6.45, 7) is 0. The van der Waals surface area contributed by atoms with E-state index in [0.29, 0.717) is 5.13 Å². The number of anilines is 1. The smallest absolute Gasteiger partial charge is 0.287 e. The summed E-state index contributed by atoms with van der Waals surface area (Å²) in [7, 11) is 1.58. The fourth-order valence-electron chi connectivity index (χ4n) is 1.96. The molecule has 0 spiro atoms. The highest BCUT2D eigenvalue weighted by molar-refractivity contribution is 7.22. The van der Waals surface area contributed by atoms with Crippen LogP contribution in [-0.2, 0) is 7.05 Å². The van der Waals surface area contributed by atoms with Crippen molar-refractivity contribution in [2.24, 2.45) is 7.05 Å². The van der Waals surface area contributed by atoms with E-state index in [1.54, 1.807) is 7.05 Å². The summed E-state index contributed by atoms with van der Waals surface area (Å²) in [5.41, 5.74) is 0.892. The van der Waals surface area contributed by atoms with Crippen LogP contribution in [0.15, 0.2) is 36.5 Å². The Morgan fingerprint density at radius 3 is 2.86 bits per heavy atom. The second-order valence-electron chi connectivity index (χ2n) is 4.39. The van der Waals surface area contributed by atoms with E-state index in [1.807, 2.05) is 24.3 Å². The molecule has 3 rings (SSSR count). The molecule has 7 nitrogen and oxygen atoms in total. The number of fused-ring (bicyclic) bond motifs is 1. The molecule has 0 bridgehead atoms. The molecule has 3 aromatic rings. The predicted molar refractivity (Wildman–Crippen MR) is 79.6 cm³/mol. The van der Waals surface area contributed by atoms with Gasteiger partial charge in [-0.25, -0.2) is 4.98 Å². The molecule has 8 heteroatoms. The molecule has 1 amide bonds. The van der Waals surface area contributed by atoms with Gasteiger partial charge in [0.25, 0.3) is 11.6 Å². The predicted octanol–water partition coefficient (Wildman–Crippen LogP) is 2.80. The zero-order valence-electron chi connectivity index (χ0n) is 10.9. The van der Waals surface area contributed by atoms with Crippen molar-refractivity contribution in [3.63, 3.8) is 0 Å². The monoisotopic (exact) mass is 302 g/mol. The van der Waals surface area contributed by atoms with Gasteiger partial charge in [-0.05, 0) is 12.1 Å². The molecule has 2 aromatic heterocycles. The van der Waals surface area contributed by atoms with E-state index >= 15 is 0 Å².